The highest BCUT2D eigenvalue weighted by molar-refractivity contribution is 7.84. The first kappa shape index (κ1) is 6.29. The molecule has 2 N–H and O–H groups in total. The highest BCUT2D eigenvalue weighted by atomic mass is 32.1. The lowest BCUT2D eigenvalue weighted by molar-refractivity contribution is -0.402. The first-order valence-corrected chi connectivity index (χ1v) is 1.87. The fourth-order valence-corrected chi connectivity index (χ4v) is 0.202. The van der Waals surface area contributed by atoms with Gasteiger partial charge in [0.1, 0.15) is 5.03 Å². The second kappa shape index (κ2) is 2.46. The summed E-state index contributed by atoms with van der Waals surface area (Å²) in [7, 11) is 0. The topological polar surface area (TPSA) is 69.2 Å². The number of thiol groups is 1. The van der Waals surface area contributed by atoms with Crippen molar-refractivity contribution in [3.8, 4) is 0 Å². The van der Waals surface area contributed by atoms with Crippen molar-refractivity contribution >= 4 is 12.6 Å². The van der Waals surface area contributed by atoms with Gasteiger partial charge in [-0.15, -0.1) is 12.6 Å². The standard InChI is InChI=1S/C2H4N2O2S/c3-2(7)1-4(5)6/h1,7H,3H2/b2-1+. The van der Waals surface area contributed by atoms with Crippen LogP contribution in [-0.4, -0.2) is 4.92 Å². The van der Waals surface area contributed by atoms with Crippen LogP contribution in [0.5, 0.6) is 0 Å². The maximum atomic E-state index is 9.41. The molecular formula is C2H4N2O2S. The van der Waals surface area contributed by atoms with Crippen molar-refractivity contribution in [2.45, 2.75) is 0 Å². The first-order chi connectivity index (χ1) is 3.13. The Morgan fingerprint density at radius 1 is 2.00 bits per heavy atom. The minimum Gasteiger partial charge on any atom is -0.389 e. The molecular weight excluding hydrogens is 116 g/mol. The van der Waals surface area contributed by atoms with Crippen molar-refractivity contribution in [3.05, 3.63) is 21.3 Å². The predicted molar refractivity (Wildman–Crippen MR) is 28.3 cm³/mol. The smallest absolute Gasteiger partial charge is 0.263 e. The Morgan fingerprint density at radius 3 is 2.43 bits per heavy atom. The van der Waals surface area contributed by atoms with Crippen molar-refractivity contribution in [2.75, 3.05) is 0 Å². The van der Waals surface area contributed by atoms with E-state index in [0.717, 1.165) is 0 Å². The third-order valence-corrected chi connectivity index (χ3v) is 0.353. The van der Waals surface area contributed by atoms with E-state index in [1.165, 1.54) is 0 Å². The van der Waals surface area contributed by atoms with Crippen molar-refractivity contribution < 1.29 is 4.92 Å². The maximum absolute atomic E-state index is 9.41. The molecule has 7 heavy (non-hydrogen) atoms. The van der Waals surface area contributed by atoms with Gasteiger partial charge in [0.25, 0.3) is 6.20 Å². The van der Waals surface area contributed by atoms with Crippen molar-refractivity contribution in [1.82, 2.24) is 0 Å². The minimum atomic E-state index is -0.664. The average Bonchev–Trinajstić information content (AvgIpc) is 1.27. The summed E-state index contributed by atoms with van der Waals surface area (Å²) < 4.78 is 0. The van der Waals surface area contributed by atoms with Gasteiger partial charge in [-0.1, -0.05) is 0 Å². The molecule has 0 aliphatic carbocycles. The van der Waals surface area contributed by atoms with Gasteiger partial charge in [0.2, 0.25) is 0 Å². The molecule has 5 heteroatoms. The molecule has 0 saturated heterocycles. The number of nitro groups is 1. The van der Waals surface area contributed by atoms with Gasteiger partial charge in [-0.2, -0.15) is 0 Å². The summed E-state index contributed by atoms with van der Waals surface area (Å²) in [5, 5.41) is 9.32. The number of rotatable bonds is 1. The maximum Gasteiger partial charge on any atom is 0.263 e. The van der Waals surface area contributed by atoms with E-state index in [0.29, 0.717) is 6.20 Å². The highest BCUT2D eigenvalue weighted by Crippen LogP contribution is 1.85. The van der Waals surface area contributed by atoms with E-state index < -0.39 is 4.92 Å². The van der Waals surface area contributed by atoms with E-state index in [-0.39, 0.29) is 5.03 Å². The van der Waals surface area contributed by atoms with Gasteiger partial charge in [-0.05, 0) is 0 Å². The Hall–Kier alpha value is -0.710. The Labute approximate surface area is 45.6 Å². The molecule has 0 aromatic carbocycles. The van der Waals surface area contributed by atoms with Gasteiger partial charge in [0.05, 0.1) is 4.92 Å². The molecule has 0 radical (unpaired) electrons. The lowest BCUT2D eigenvalue weighted by atomic mass is 10.9. The van der Waals surface area contributed by atoms with Crippen LogP contribution < -0.4 is 5.73 Å². The molecule has 0 heterocycles. The second-order valence-electron chi connectivity index (χ2n) is 0.839. The van der Waals surface area contributed by atoms with Crippen LogP contribution in [0, 0.1) is 10.1 Å². The summed E-state index contributed by atoms with van der Waals surface area (Å²) in [5.41, 5.74) is 4.78. The third-order valence-electron chi connectivity index (χ3n) is 0.238. The molecule has 0 aliphatic heterocycles. The van der Waals surface area contributed by atoms with Gasteiger partial charge in [0.15, 0.2) is 0 Å². The van der Waals surface area contributed by atoms with Gasteiger partial charge in [-0.25, -0.2) is 0 Å². The van der Waals surface area contributed by atoms with Crippen LogP contribution in [0.3, 0.4) is 0 Å². The predicted octanol–water partition coefficient (Wildman–Crippen LogP) is -0.0495. The van der Waals surface area contributed by atoms with Crippen LogP contribution in [0.4, 0.5) is 0 Å². The third kappa shape index (κ3) is 5.29. The Kier molecular flexibility index (Phi) is 2.21. The molecule has 0 aromatic heterocycles. The van der Waals surface area contributed by atoms with Gasteiger partial charge < -0.3 is 5.73 Å². The highest BCUT2D eigenvalue weighted by Gasteiger charge is 1.85. The summed E-state index contributed by atoms with van der Waals surface area (Å²) >= 11 is 3.43. The molecule has 0 aromatic rings. The van der Waals surface area contributed by atoms with Crippen LogP contribution in [-0.2, 0) is 0 Å². The number of nitrogens with two attached hydrogens (primary N) is 1. The van der Waals surface area contributed by atoms with Crippen LogP contribution in [0.2, 0.25) is 0 Å². The van der Waals surface area contributed by atoms with Gasteiger partial charge >= 0.3 is 0 Å². The van der Waals surface area contributed by atoms with Crippen molar-refractivity contribution in [2.24, 2.45) is 5.73 Å². The quantitative estimate of drug-likeness (QED) is 0.289. The molecule has 0 atom stereocenters. The van der Waals surface area contributed by atoms with Crippen LogP contribution in [0.15, 0.2) is 11.2 Å². The van der Waals surface area contributed by atoms with Gasteiger partial charge in [0, 0.05) is 0 Å². The normalized spacial score (nSPS) is 11.3. The summed E-state index contributed by atoms with van der Waals surface area (Å²) in [6.45, 7) is 0. The van der Waals surface area contributed by atoms with Crippen LogP contribution in [0.25, 0.3) is 0 Å². The van der Waals surface area contributed by atoms with Gasteiger partial charge in [-0.3, -0.25) is 10.1 Å². The molecule has 40 valence electrons. The number of hydrogen-bond acceptors (Lipinski definition) is 4. The van der Waals surface area contributed by atoms with E-state index in [9.17, 15) is 10.1 Å². The lowest BCUT2D eigenvalue weighted by Crippen LogP contribution is -1.92. The van der Waals surface area contributed by atoms with E-state index in [1.807, 2.05) is 0 Å². The first-order valence-electron chi connectivity index (χ1n) is 1.42. The second-order valence-corrected chi connectivity index (χ2v) is 1.36. The van der Waals surface area contributed by atoms with Crippen molar-refractivity contribution in [3.63, 3.8) is 0 Å². The molecule has 0 fully saturated rings. The molecule has 0 spiro atoms. The molecule has 0 unspecified atom stereocenters. The zero-order chi connectivity index (χ0) is 5.86. The molecule has 0 bridgehead atoms. The Balaban J connectivity index is 3.68. The number of hydrogen-bond donors (Lipinski definition) is 2. The molecule has 0 saturated carbocycles. The largest absolute Gasteiger partial charge is 0.389 e. The Bertz CT molecular complexity index is 106. The zero-order valence-electron chi connectivity index (χ0n) is 3.37. The SMILES string of the molecule is N/C(S)=C\[N+](=O)[O-]. The van der Waals surface area contributed by atoms with E-state index in [2.05, 4.69) is 12.6 Å². The minimum absolute atomic E-state index is 0.0926. The zero-order valence-corrected chi connectivity index (χ0v) is 4.26. The summed E-state index contributed by atoms with van der Waals surface area (Å²) in [5.74, 6) is 0. The van der Waals surface area contributed by atoms with Crippen molar-refractivity contribution in [1.29, 1.82) is 0 Å². The van der Waals surface area contributed by atoms with E-state index >= 15 is 0 Å². The van der Waals surface area contributed by atoms with Crippen LogP contribution >= 0.6 is 12.6 Å². The molecule has 4 nitrogen and oxygen atoms in total. The van der Waals surface area contributed by atoms with Crippen LogP contribution in [0.1, 0.15) is 0 Å². The monoisotopic (exact) mass is 120 g/mol. The molecule has 0 aliphatic rings. The fourth-order valence-electron chi connectivity index (χ4n) is 0.108. The summed E-state index contributed by atoms with van der Waals surface area (Å²) in [6.07, 6.45) is 0.614. The fraction of sp³-hybridized carbons (Fsp3) is 0. The summed E-state index contributed by atoms with van der Waals surface area (Å²) in [4.78, 5) is 8.75. The molecule has 0 rings (SSSR count). The average molecular weight is 120 g/mol. The molecule has 0 amide bonds. The lowest BCUT2D eigenvalue weighted by Gasteiger charge is -1.77. The van der Waals surface area contributed by atoms with E-state index in [1.54, 1.807) is 0 Å². The van der Waals surface area contributed by atoms with E-state index in [4.69, 9.17) is 5.73 Å². The number of nitrogens with zero attached hydrogens (tertiary/aromatic N) is 1. The Morgan fingerprint density at radius 2 is 2.43 bits per heavy atom. The summed E-state index contributed by atoms with van der Waals surface area (Å²) in [6, 6.07) is 0.